The minimum Gasteiger partial charge on any atom is -0.386 e. The topological polar surface area (TPSA) is 364 Å². The van der Waals surface area contributed by atoms with Gasteiger partial charge in [0.2, 0.25) is 11.8 Å². The smallest absolute Gasteiger partial charge is 0.386 e. The van der Waals surface area contributed by atoms with E-state index in [-0.39, 0.29) is 48.7 Å². The second-order valence-corrected chi connectivity index (χ2v) is 24.6. The van der Waals surface area contributed by atoms with Crippen LogP contribution < -0.4 is 16.4 Å². The Morgan fingerprint density at radius 3 is 2.11 bits per heavy atom. The maximum atomic E-state index is 13.0. The third-order valence-corrected chi connectivity index (χ3v) is 16.2. The number of nitrogens with two attached hydrogens (primary N) is 1. The number of phosphoric acid groups is 3. The quantitative estimate of drug-likeness (QED) is 0.0290. The van der Waals surface area contributed by atoms with E-state index in [0.29, 0.717) is 5.41 Å². The number of aliphatic hydroxyl groups is 2. The minimum absolute atomic E-state index is 0.0226. The molecule has 1 saturated heterocycles. The molecular weight excluding hydrogens is 1000 g/mol. The predicted molar refractivity (Wildman–Crippen MR) is 261 cm³/mol. The highest BCUT2D eigenvalue weighted by molar-refractivity contribution is 7.61. The van der Waals surface area contributed by atoms with Crippen LogP contribution in [-0.2, 0) is 63.5 Å². The van der Waals surface area contributed by atoms with Gasteiger partial charge in [0.25, 0.3) is 0 Å². The number of aryl methyl sites for hydroxylation is 2. The number of imidazole rings is 1. The molecule has 2 fully saturated rings. The Morgan fingerprint density at radius 1 is 0.875 bits per heavy atom. The van der Waals surface area contributed by atoms with Crippen molar-refractivity contribution >= 4 is 58.0 Å². The summed E-state index contributed by atoms with van der Waals surface area (Å²) < 4.78 is 62.6. The summed E-state index contributed by atoms with van der Waals surface area (Å²) in [5, 5.41) is 26.7. The number of hydrogen-bond donors (Lipinski definition) is 9. The number of amides is 2. The standard InChI is InChI=1S/C45H72N7O17P3/c1-43(2,20-10-6-8-12-30-14-16-31(17-15-30)13-9-7-11-21-45(5)22-23-45)33(53)18-24-47-34(54)19-25-48-41(57)38(56)44(3,4)27-66-72(63,64)69-71(61,62)65-26-32-37(68-70(58,59)60)36(55)42(67-32)52-29-51-35-39(46)49-28-50-40(35)52/h14-17,28-29,32,36-38,42,55-56H,6-13,18-27H2,1-5H3,(H,47,54)(H,48,57)(H,61,62)(H,63,64)(H2,46,49,50)(H2,58,59,60). The zero-order chi connectivity index (χ0) is 53.1. The number of carbonyl (C=O) groups excluding carboxylic acids is 3. The van der Waals surface area contributed by atoms with Gasteiger partial charge in [0.05, 0.1) is 19.5 Å². The average molecular weight is 1080 g/mol. The Hall–Kier alpha value is -3.57. The second-order valence-electron chi connectivity index (χ2n) is 20.4. The highest BCUT2D eigenvalue weighted by Gasteiger charge is 2.50. The molecule has 7 atom stereocenters. The van der Waals surface area contributed by atoms with Crippen LogP contribution in [0.15, 0.2) is 36.9 Å². The average Bonchev–Trinajstić information content (AvgIpc) is 3.74. The maximum Gasteiger partial charge on any atom is 0.481 e. The zero-order valence-corrected chi connectivity index (χ0v) is 44.1. The van der Waals surface area contributed by atoms with Gasteiger partial charge < -0.3 is 50.9 Å². The van der Waals surface area contributed by atoms with E-state index in [9.17, 15) is 57.9 Å². The predicted octanol–water partition coefficient (Wildman–Crippen LogP) is 5.10. The SMILES string of the molecule is CC1(CCCCCc2ccc(CCCCCC(C)(C)C(=O)CCNC(=O)CCNC(=O)C(O)C(C)(C)COP(=O)(O)OP(=O)(O)OCC3OC(n4cnc5c(N)ncnc54)C(O)C3OP(=O)(O)O)cc2)CC1. The number of ether oxygens (including phenoxy) is 1. The van der Waals surface area contributed by atoms with E-state index in [2.05, 4.69) is 65.6 Å². The van der Waals surface area contributed by atoms with Crippen LogP contribution in [-0.4, -0.2) is 118 Å². The largest absolute Gasteiger partial charge is 0.481 e. The van der Waals surface area contributed by atoms with Gasteiger partial charge in [-0.15, -0.1) is 0 Å². The van der Waals surface area contributed by atoms with Crippen LogP contribution in [0.5, 0.6) is 0 Å². The summed E-state index contributed by atoms with van der Waals surface area (Å²) >= 11 is 0. The molecule has 10 N–H and O–H groups in total. The van der Waals surface area contributed by atoms with Gasteiger partial charge >= 0.3 is 23.5 Å². The number of nitrogen functional groups attached to an aromatic ring is 1. The highest BCUT2D eigenvalue weighted by Crippen LogP contribution is 2.61. The summed E-state index contributed by atoms with van der Waals surface area (Å²) in [6.07, 6.45) is 6.94. The zero-order valence-electron chi connectivity index (χ0n) is 41.5. The monoisotopic (exact) mass is 1080 g/mol. The first kappa shape index (κ1) is 59.3. The lowest BCUT2D eigenvalue weighted by Gasteiger charge is -2.30. The third kappa shape index (κ3) is 18.4. The van der Waals surface area contributed by atoms with E-state index in [1.54, 1.807) is 0 Å². The van der Waals surface area contributed by atoms with Crippen LogP contribution in [0.2, 0.25) is 0 Å². The Bertz CT molecular complexity index is 2450. The van der Waals surface area contributed by atoms with Gasteiger partial charge in [0.15, 0.2) is 17.7 Å². The van der Waals surface area contributed by atoms with Crippen molar-refractivity contribution in [3.63, 3.8) is 0 Å². The molecule has 3 aromatic rings. The van der Waals surface area contributed by atoms with Crippen LogP contribution >= 0.6 is 23.5 Å². The molecule has 7 unspecified atom stereocenters. The molecule has 0 spiro atoms. The number of aliphatic hydroxyl groups excluding tert-OH is 2. The third-order valence-electron chi connectivity index (χ3n) is 13.1. The summed E-state index contributed by atoms with van der Waals surface area (Å²) in [5.41, 5.74) is 7.07. The molecule has 24 nitrogen and oxygen atoms in total. The number of carbonyl (C=O) groups is 3. The van der Waals surface area contributed by atoms with Gasteiger partial charge in [0.1, 0.15) is 42.0 Å². The normalized spacial score (nSPS) is 21.2. The summed E-state index contributed by atoms with van der Waals surface area (Å²) in [6.45, 7) is 6.60. The number of phosphoric ester groups is 3. The summed E-state index contributed by atoms with van der Waals surface area (Å²) in [4.78, 5) is 89.6. The van der Waals surface area contributed by atoms with Crippen molar-refractivity contribution in [1.82, 2.24) is 30.2 Å². The first-order valence-electron chi connectivity index (χ1n) is 24.1. The van der Waals surface area contributed by atoms with Crippen LogP contribution in [0, 0.1) is 16.2 Å². The fourth-order valence-corrected chi connectivity index (χ4v) is 11.0. The minimum atomic E-state index is -5.59. The van der Waals surface area contributed by atoms with Gasteiger partial charge in [-0.05, 0) is 67.9 Å². The Kier molecular flexibility index (Phi) is 20.8. The Balaban J connectivity index is 0.950. The Morgan fingerprint density at radius 2 is 1.49 bits per heavy atom. The van der Waals surface area contributed by atoms with Crippen molar-refractivity contribution in [2.24, 2.45) is 16.2 Å². The molecule has 0 radical (unpaired) electrons. The second kappa shape index (κ2) is 25.3. The molecule has 27 heteroatoms. The number of nitrogens with zero attached hydrogens (tertiary/aromatic N) is 4. The van der Waals surface area contributed by atoms with Crippen LogP contribution in [0.4, 0.5) is 5.82 Å². The number of rotatable bonds is 32. The number of nitrogens with one attached hydrogen (secondary N) is 2. The number of hydrogen-bond acceptors (Lipinski definition) is 17. The van der Waals surface area contributed by atoms with Crippen LogP contribution in [0.25, 0.3) is 11.2 Å². The number of ketones is 1. The number of anilines is 1. The molecule has 1 aromatic carbocycles. The summed E-state index contributed by atoms with van der Waals surface area (Å²) in [6, 6.07) is 8.95. The van der Waals surface area contributed by atoms with Crippen LogP contribution in [0.1, 0.15) is 129 Å². The Labute approximate surface area is 419 Å². The molecule has 2 aromatic heterocycles. The molecule has 2 aliphatic rings. The van der Waals surface area contributed by atoms with Gasteiger partial charge in [-0.1, -0.05) is 84.6 Å². The van der Waals surface area contributed by atoms with E-state index in [1.807, 2.05) is 13.8 Å². The number of aromatic nitrogens is 4. The lowest BCUT2D eigenvalue weighted by molar-refractivity contribution is -0.137. The van der Waals surface area contributed by atoms with Gasteiger partial charge in [-0.2, -0.15) is 4.31 Å². The van der Waals surface area contributed by atoms with E-state index in [4.69, 9.17) is 19.5 Å². The van der Waals surface area contributed by atoms with Crippen molar-refractivity contribution in [2.75, 3.05) is 32.0 Å². The van der Waals surface area contributed by atoms with E-state index in [0.717, 1.165) is 55.7 Å². The molecule has 72 heavy (non-hydrogen) atoms. The van der Waals surface area contributed by atoms with Crippen molar-refractivity contribution in [2.45, 2.75) is 155 Å². The van der Waals surface area contributed by atoms with Crippen molar-refractivity contribution in [1.29, 1.82) is 0 Å². The lowest BCUT2D eigenvalue weighted by atomic mass is 9.81. The van der Waals surface area contributed by atoms with Crippen molar-refractivity contribution < 1.29 is 80.5 Å². The summed E-state index contributed by atoms with van der Waals surface area (Å²) in [5.74, 6) is -1.45. The van der Waals surface area contributed by atoms with E-state index in [1.165, 1.54) is 63.5 Å². The molecular formula is C45H72N7O17P3. The van der Waals surface area contributed by atoms with Gasteiger partial charge in [-0.25, -0.2) is 28.6 Å². The number of fused-ring (bicyclic) bond motifs is 1. The number of Topliss-reactive ketones (excluding diaryl/α,β-unsaturated/α-hetero) is 1. The molecule has 3 heterocycles. The fourth-order valence-electron chi connectivity index (χ4n) is 8.20. The lowest BCUT2D eigenvalue weighted by Crippen LogP contribution is -2.46. The van der Waals surface area contributed by atoms with Crippen molar-refractivity contribution in [3.05, 3.63) is 48.0 Å². The number of benzene rings is 1. The van der Waals surface area contributed by atoms with E-state index >= 15 is 0 Å². The van der Waals surface area contributed by atoms with Crippen molar-refractivity contribution in [3.8, 4) is 0 Å². The van der Waals surface area contributed by atoms with Gasteiger partial charge in [-0.3, -0.25) is 32.5 Å². The summed E-state index contributed by atoms with van der Waals surface area (Å²) in [7, 11) is -16.4. The first-order valence-corrected chi connectivity index (χ1v) is 28.6. The van der Waals surface area contributed by atoms with Gasteiger partial charge in [0, 0.05) is 36.8 Å². The van der Waals surface area contributed by atoms with Crippen LogP contribution in [0.3, 0.4) is 0 Å². The molecule has 2 amide bonds. The van der Waals surface area contributed by atoms with E-state index < -0.39 is 90.0 Å². The molecule has 1 saturated carbocycles. The molecule has 5 rings (SSSR count). The molecule has 1 aliphatic carbocycles. The molecule has 0 bridgehead atoms. The maximum absolute atomic E-state index is 13.0. The molecule has 1 aliphatic heterocycles. The number of unbranched alkanes of at least 4 members (excludes halogenated alkanes) is 4. The fraction of sp³-hybridized carbons (Fsp3) is 0.689. The first-order chi connectivity index (χ1) is 33.6. The highest BCUT2D eigenvalue weighted by atomic mass is 31.3. The molecule has 404 valence electrons.